The first-order valence-electron chi connectivity index (χ1n) is 11.2. The van der Waals surface area contributed by atoms with Crippen LogP contribution in [0, 0.1) is 20.8 Å². The summed E-state index contributed by atoms with van der Waals surface area (Å²) in [5.74, 6) is 6.32. The number of benzene rings is 2. The second-order valence-corrected chi connectivity index (χ2v) is 8.24. The molecule has 2 aromatic rings. The monoisotopic (exact) mass is 425 g/mol. The van der Waals surface area contributed by atoms with Gasteiger partial charge in [-0.25, -0.2) is 5.84 Å². The maximum atomic E-state index is 6.40. The van der Waals surface area contributed by atoms with Crippen molar-refractivity contribution >= 4 is 11.4 Å². The van der Waals surface area contributed by atoms with E-state index in [-0.39, 0.29) is 5.41 Å². The molecule has 3 nitrogen and oxygen atoms in total. The highest BCUT2D eigenvalue weighted by Crippen LogP contribution is 2.30. The lowest BCUT2D eigenvalue weighted by molar-refractivity contribution is 0.588. The first kappa shape index (κ1) is 30.7. The molecule has 0 heterocycles. The van der Waals surface area contributed by atoms with Crippen molar-refractivity contribution in [3.05, 3.63) is 83.6 Å². The van der Waals surface area contributed by atoms with E-state index in [1.165, 1.54) is 17.5 Å². The SMILES string of the molecule is C=C.CC.CCC.Cc1cc(C)c(N(N)/C=C(\N)c2ccccc2C(C)(C)C)c(C)c1. The van der Waals surface area contributed by atoms with E-state index in [2.05, 4.69) is 92.8 Å². The molecule has 0 atom stereocenters. The van der Waals surface area contributed by atoms with Gasteiger partial charge >= 0.3 is 0 Å². The highest BCUT2D eigenvalue weighted by molar-refractivity contribution is 5.71. The van der Waals surface area contributed by atoms with Gasteiger partial charge in [-0.15, -0.1) is 13.2 Å². The van der Waals surface area contributed by atoms with E-state index in [0.29, 0.717) is 5.70 Å². The lowest BCUT2D eigenvalue weighted by Crippen LogP contribution is -2.28. The summed E-state index contributed by atoms with van der Waals surface area (Å²) in [5.41, 5.74) is 13.8. The zero-order valence-electron chi connectivity index (χ0n) is 21.8. The van der Waals surface area contributed by atoms with Gasteiger partial charge in [0.25, 0.3) is 0 Å². The fourth-order valence-electron chi connectivity index (χ4n) is 3.25. The van der Waals surface area contributed by atoms with Crippen LogP contribution < -0.4 is 16.6 Å². The Hall–Kier alpha value is -2.52. The first-order valence-corrected chi connectivity index (χ1v) is 11.2. The minimum atomic E-state index is 0.0180. The zero-order chi connectivity index (χ0) is 24.8. The van der Waals surface area contributed by atoms with Crippen LogP contribution in [0.15, 0.2) is 55.8 Å². The minimum Gasteiger partial charge on any atom is -0.397 e. The Morgan fingerprint density at radius 1 is 0.968 bits per heavy atom. The van der Waals surface area contributed by atoms with Crippen LogP contribution in [0.5, 0.6) is 0 Å². The topological polar surface area (TPSA) is 55.3 Å². The molecule has 2 aromatic carbocycles. The lowest BCUT2D eigenvalue weighted by Gasteiger charge is -2.25. The van der Waals surface area contributed by atoms with Gasteiger partial charge < -0.3 is 5.73 Å². The van der Waals surface area contributed by atoms with Gasteiger partial charge in [0.05, 0.1) is 11.4 Å². The third-order valence-corrected chi connectivity index (χ3v) is 4.22. The Morgan fingerprint density at radius 3 is 1.81 bits per heavy atom. The summed E-state index contributed by atoms with van der Waals surface area (Å²) in [6, 6.07) is 12.5. The van der Waals surface area contributed by atoms with Gasteiger partial charge in [-0.3, -0.25) is 5.01 Å². The molecule has 0 saturated heterocycles. The number of hydrogen-bond acceptors (Lipinski definition) is 3. The van der Waals surface area contributed by atoms with Crippen LogP contribution in [0.25, 0.3) is 5.70 Å². The van der Waals surface area contributed by atoms with Crippen molar-refractivity contribution in [3.8, 4) is 0 Å². The summed E-state index contributed by atoms with van der Waals surface area (Å²) in [7, 11) is 0. The summed E-state index contributed by atoms with van der Waals surface area (Å²) in [5, 5.41) is 1.64. The Balaban J connectivity index is 0. The molecule has 0 bridgehead atoms. The van der Waals surface area contributed by atoms with Gasteiger partial charge in [-0.1, -0.05) is 96.8 Å². The second kappa shape index (κ2) is 15.3. The van der Waals surface area contributed by atoms with E-state index in [9.17, 15) is 0 Å². The van der Waals surface area contributed by atoms with Crippen LogP contribution in [0.4, 0.5) is 5.69 Å². The molecule has 0 fully saturated rings. The van der Waals surface area contributed by atoms with Gasteiger partial charge in [0, 0.05) is 11.8 Å². The van der Waals surface area contributed by atoms with Crippen LogP contribution in [-0.4, -0.2) is 0 Å². The predicted molar refractivity (Wildman–Crippen MR) is 143 cm³/mol. The highest BCUT2D eigenvalue weighted by atomic mass is 15.4. The molecule has 2 rings (SSSR count). The zero-order valence-corrected chi connectivity index (χ0v) is 21.8. The standard InChI is InChI=1S/C21H29N3.C3H8.C2H6.C2H4/c1-14-11-15(2)20(16(3)12-14)24(23)13-19(22)17-9-7-8-10-18(17)21(4,5)6;1-3-2;2*1-2/h7-13H,22-23H2,1-6H3;3H2,1-2H3;1-2H3;1-2H2/b19-13-;;;. The largest absolute Gasteiger partial charge is 0.397 e. The van der Waals surface area contributed by atoms with Crippen LogP contribution in [0.1, 0.15) is 82.7 Å². The first-order chi connectivity index (χ1) is 14.5. The van der Waals surface area contributed by atoms with Gasteiger partial charge in [0.15, 0.2) is 0 Å². The highest BCUT2D eigenvalue weighted by Gasteiger charge is 2.19. The quantitative estimate of drug-likeness (QED) is 0.300. The number of aryl methyl sites for hydroxylation is 3. The number of rotatable bonds is 3. The molecule has 0 aliphatic heterocycles. The Labute approximate surface area is 192 Å². The van der Waals surface area contributed by atoms with Crippen molar-refractivity contribution in [1.82, 2.24) is 0 Å². The normalized spacial score (nSPS) is 10.5. The molecule has 0 unspecified atom stereocenters. The van der Waals surface area contributed by atoms with Crippen molar-refractivity contribution in [3.63, 3.8) is 0 Å². The van der Waals surface area contributed by atoms with Gasteiger partial charge in [-0.05, 0) is 42.9 Å². The van der Waals surface area contributed by atoms with E-state index in [1.807, 2.05) is 32.2 Å². The Morgan fingerprint density at radius 2 is 1.39 bits per heavy atom. The number of anilines is 1. The van der Waals surface area contributed by atoms with E-state index >= 15 is 0 Å². The summed E-state index contributed by atoms with van der Waals surface area (Å²) in [6.07, 6.45) is 3.06. The Kier molecular flexibility index (Phi) is 15.1. The second-order valence-electron chi connectivity index (χ2n) is 8.24. The molecule has 0 aromatic heterocycles. The summed E-state index contributed by atoms with van der Waals surface area (Å²) in [6.45, 7) is 27.0. The third-order valence-electron chi connectivity index (χ3n) is 4.22. The molecule has 3 heteroatoms. The van der Waals surface area contributed by atoms with Crippen molar-refractivity contribution in [2.45, 2.75) is 81.1 Å². The molecule has 0 aliphatic carbocycles. The van der Waals surface area contributed by atoms with E-state index in [1.54, 1.807) is 5.01 Å². The molecule has 4 N–H and O–H groups in total. The maximum absolute atomic E-state index is 6.40. The third kappa shape index (κ3) is 9.89. The van der Waals surface area contributed by atoms with Gasteiger partial charge in [-0.2, -0.15) is 0 Å². The fraction of sp³-hybridized carbons (Fsp3) is 0.429. The van der Waals surface area contributed by atoms with Crippen LogP contribution in [-0.2, 0) is 5.41 Å². The van der Waals surface area contributed by atoms with Crippen molar-refractivity contribution < 1.29 is 0 Å². The molecule has 0 amide bonds. The van der Waals surface area contributed by atoms with Crippen molar-refractivity contribution in [1.29, 1.82) is 0 Å². The molecule has 0 radical (unpaired) electrons. The average Bonchev–Trinajstić information content (AvgIpc) is 2.70. The number of hydrogen-bond donors (Lipinski definition) is 2. The van der Waals surface area contributed by atoms with Crippen LogP contribution in [0.2, 0.25) is 0 Å². The molecule has 0 saturated carbocycles. The van der Waals surface area contributed by atoms with Gasteiger partial charge in [0.1, 0.15) is 0 Å². The van der Waals surface area contributed by atoms with Gasteiger partial charge in [0.2, 0.25) is 0 Å². The lowest BCUT2D eigenvalue weighted by atomic mass is 9.83. The smallest absolute Gasteiger partial charge is 0.0627 e. The average molecular weight is 426 g/mol. The molecule has 174 valence electrons. The molecule has 31 heavy (non-hydrogen) atoms. The van der Waals surface area contributed by atoms with E-state index in [4.69, 9.17) is 11.6 Å². The van der Waals surface area contributed by atoms with Crippen molar-refractivity contribution in [2.24, 2.45) is 11.6 Å². The molecular weight excluding hydrogens is 378 g/mol. The number of nitrogens with two attached hydrogens (primary N) is 2. The maximum Gasteiger partial charge on any atom is 0.0627 e. The number of nitrogens with zero attached hydrogens (tertiary/aromatic N) is 1. The van der Waals surface area contributed by atoms with E-state index < -0.39 is 0 Å². The summed E-state index contributed by atoms with van der Waals surface area (Å²) in [4.78, 5) is 0. The molecule has 0 spiro atoms. The van der Waals surface area contributed by atoms with Crippen molar-refractivity contribution in [2.75, 3.05) is 5.01 Å². The minimum absolute atomic E-state index is 0.0180. The van der Waals surface area contributed by atoms with Crippen LogP contribution >= 0.6 is 0 Å². The van der Waals surface area contributed by atoms with Crippen LogP contribution in [0.3, 0.4) is 0 Å². The summed E-state index contributed by atoms with van der Waals surface area (Å²) < 4.78 is 0. The predicted octanol–water partition coefficient (Wildman–Crippen LogP) is 7.79. The number of hydrazine groups is 1. The molecule has 0 aliphatic rings. The Bertz CT molecular complexity index is 775. The fourth-order valence-corrected chi connectivity index (χ4v) is 3.25. The van der Waals surface area contributed by atoms with E-state index in [0.717, 1.165) is 22.4 Å². The molecular formula is C28H47N3. The summed E-state index contributed by atoms with van der Waals surface area (Å²) >= 11 is 0.